The van der Waals surface area contributed by atoms with Crippen molar-refractivity contribution in [3.63, 3.8) is 0 Å². The van der Waals surface area contributed by atoms with Crippen LogP contribution in [0.15, 0.2) is 36.9 Å². The highest BCUT2D eigenvalue weighted by molar-refractivity contribution is 5.86. The average Bonchev–Trinajstić information content (AvgIpc) is 3.45. The highest BCUT2D eigenvalue weighted by Crippen LogP contribution is 2.46. The molecule has 4 aromatic heterocycles. The third kappa shape index (κ3) is 4.77. The topological polar surface area (TPSA) is 148 Å². The van der Waals surface area contributed by atoms with Crippen molar-refractivity contribution >= 4 is 17.7 Å². The van der Waals surface area contributed by atoms with Gasteiger partial charge in [0, 0.05) is 36.2 Å². The van der Waals surface area contributed by atoms with Crippen LogP contribution in [-0.2, 0) is 16.1 Å². The first kappa shape index (κ1) is 23.5. The summed E-state index contributed by atoms with van der Waals surface area (Å²) in [5.74, 6) is 0.825. The van der Waals surface area contributed by atoms with E-state index in [0.29, 0.717) is 36.1 Å². The van der Waals surface area contributed by atoms with Crippen LogP contribution < -0.4 is 10.6 Å². The zero-order chi connectivity index (χ0) is 25.3. The second-order valence-electron chi connectivity index (χ2n) is 8.77. The molecule has 5 rings (SSSR count). The summed E-state index contributed by atoms with van der Waals surface area (Å²) in [5, 5.41) is 16.9. The lowest BCUT2D eigenvalue weighted by atomic mass is 9.68. The van der Waals surface area contributed by atoms with Crippen molar-refractivity contribution in [2.75, 3.05) is 12.4 Å². The van der Waals surface area contributed by atoms with Crippen LogP contribution in [0.1, 0.15) is 41.5 Å². The van der Waals surface area contributed by atoms with Gasteiger partial charge in [-0.15, -0.1) is 0 Å². The van der Waals surface area contributed by atoms with Crippen molar-refractivity contribution < 1.29 is 13.9 Å². The number of halogens is 1. The molecule has 0 bridgehead atoms. The number of hydrogen-bond acceptors (Lipinski definition) is 9. The minimum Gasteiger partial charge on any atom is -0.368 e. The fourth-order valence-corrected chi connectivity index (χ4v) is 4.16. The van der Waals surface area contributed by atoms with Crippen molar-refractivity contribution in [1.29, 1.82) is 0 Å². The molecular weight excluding hydrogens is 467 g/mol. The minimum atomic E-state index is -0.948. The molecule has 4 heterocycles. The van der Waals surface area contributed by atoms with Crippen LogP contribution in [0.3, 0.4) is 0 Å². The lowest BCUT2D eigenvalue weighted by Crippen LogP contribution is -2.56. The Labute approximate surface area is 205 Å². The number of rotatable bonds is 8. The van der Waals surface area contributed by atoms with E-state index in [0.717, 1.165) is 23.3 Å². The number of nitrogens with one attached hydrogen (secondary N) is 3. The summed E-state index contributed by atoms with van der Waals surface area (Å²) < 4.78 is 20.1. The van der Waals surface area contributed by atoms with E-state index in [1.54, 1.807) is 0 Å². The highest BCUT2D eigenvalue weighted by atomic mass is 19.1. The Balaban J connectivity index is 1.20. The number of aryl methyl sites for hydroxylation is 2. The standard InChI is InChI=1S/C23H25FN10O2/c1-13-4-18(30-22(29-13)31-19-5-14(2)32-33-19)15-6-23(7-15,36-3)21(35)27-10-17-9-26-20(11-25-17)34-12-16(24)8-28-34/h4-5,8-9,11-12,15H,6-7,10H2,1-3H3,(H,27,35)(H2,29,30,31,32,33). The van der Waals surface area contributed by atoms with Crippen molar-refractivity contribution in [3.05, 3.63) is 65.5 Å². The van der Waals surface area contributed by atoms with Gasteiger partial charge in [-0.1, -0.05) is 0 Å². The number of carbonyl (C=O) groups is 1. The Hall–Kier alpha value is -4.26. The van der Waals surface area contributed by atoms with E-state index < -0.39 is 11.4 Å². The SMILES string of the molecule is COC1(C(=O)NCc2cnc(-n3cc(F)cn3)cn2)CC(c2cc(C)nc(Nc3cc(C)[nH]n3)n2)C1. The van der Waals surface area contributed by atoms with Crippen LogP contribution in [0.4, 0.5) is 16.2 Å². The maximum atomic E-state index is 13.1. The van der Waals surface area contributed by atoms with E-state index in [-0.39, 0.29) is 18.4 Å². The highest BCUT2D eigenvalue weighted by Gasteiger charge is 2.51. The molecule has 36 heavy (non-hydrogen) atoms. The summed E-state index contributed by atoms with van der Waals surface area (Å²) >= 11 is 0. The van der Waals surface area contributed by atoms with Crippen LogP contribution in [0.5, 0.6) is 0 Å². The first-order chi connectivity index (χ1) is 17.3. The normalized spacial score (nSPS) is 19.1. The molecule has 12 nitrogen and oxygen atoms in total. The molecule has 0 atom stereocenters. The summed E-state index contributed by atoms with van der Waals surface area (Å²) in [4.78, 5) is 30.6. The molecule has 0 saturated heterocycles. The molecule has 1 fully saturated rings. The smallest absolute Gasteiger partial charge is 0.252 e. The molecule has 1 aliphatic carbocycles. The summed E-state index contributed by atoms with van der Waals surface area (Å²) in [6.45, 7) is 3.99. The molecule has 0 aliphatic heterocycles. The molecule has 0 aromatic carbocycles. The van der Waals surface area contributed by atoms with Gasteiger partial charge in [-0.25, -0.2) is 24.0 Å². The number of ether oxygens (including phenoxy) is 1. The van der Waals surface area contributed by atoms with Gasteiger partial charge in [0.1, 0.15) is 5.60 Å². The van der Waals surface area contributed by atoms with E-state index in [1.807, 2.05) is 26.0 Å². The number of amides is 1. The van der Waals surface area contributed by atoms with Crippen molar-refractivity contribution in [2.45, 2.75) is 44.8 Å². The fraction of sp³-hybridized carbons (Fsp3) is 0.348. The Morgan fingerprint density at radius 2 is 2.06 bits per heavy atom. The lowest BCUT2D eigenvalue weighted by molar-refractivity contribution is -0.157. The Morgan fingerprint density at radius 1 is 1.22 bits per heavy atom. The molecule has 1 aliphatic rings. The number of H-pyrrole nitrogens is 1. The van der Waals surface area contributed by atoms with Gasteiger partial charge < -0.3 is 15.4 Å². The number of carbonyl (C=O) groups excluding carboxylic acids is 1. The molecule has 0 unspecified atom stereocenters. The van der Waals surface area contributed by atoms with Gasteiger partial charge >= 0.3 is 0 Å². The maximum absolute atomic E-state index is 13.1. The third-order valence-electron chi connectivity index (χ3n) is 6.10. The van der Waals surface area contributed by atoms with Crippen LogP contribution in [0, 0.1) is 19.7 Å². The predicted molar refractivity (Wildman–Crippen MR) is 126 cm³/mol. The number of nitrogens with zero attached hydrogens (tertiary/aromatic N) is 7. The van der Waals surface area contributed by atoms with Crippen molar-refractivity contribution in [3.8, 4) is 5.82 Å². The predicted octanol–water partition coefficient (Wildman–Crippen LogP) is 2.25. The first-order valence-corrected chi connectivity index (χ1v) is 11.3. The number of hydrogen-bond donors (Lipinski definition) is 3. The van der Waals surface area contributed by atoms with Gasteiger partial charge in [0.2, 0.25) is 5.95 Å². The number of aromatic amines is 1. The van der Waals surface area contributed by atoms with Crippen LogP contribution >= 0.6 is 0 Å². The zero-order valence-corrected chi connectivity index (χ0v) is 20.0. The number of aromatic nitrogens is 8. The first-order valence-electron chi connectivity index (χ1n) is 11.3. The Morgan fingerprint density at radius 3 is 2.69 bits per heavy atom. The van der Waals surface area contributed by atoms with E-state index >= 15 is 0 Å². The monoisotopic (exact) mass is 492 g/mol. The zero-order valence-electron chi connectivity index (χ0n) is 20.0. The van der Waals surface area contributed by atoms with Crippen molar-refractivity contribution in [2.24, 2.45) is 0 Å². The molecular formula is C23H25FN10O2. The minimum absolute atomic E-state index is 0.0485. The third-order valence-corrected chi connectivity index (χ3v) is 6.10. The van der Waals surface area contributed by atoms with Gasteiger partial charge in [-0.3, -0.25) is 14.9 Å². The molecule has 0 spiro atoms. The Bertz CT molecular complexity index is 1380. The number of anilines is 2. The molecule has 3 N–H and O–H groups in total. The molecule has 1 saturated carbocycles. The molecule has 0 radical (unpaired) electrons. The largest absolute Gasteiger partial charge is 0.368 e. The quantitative estimate of drug-likeness (QED) is 0.337. The second kappa shape index (κ2) is 9.41. The van der Waals surface area contributed by atoms with Crippen LogP contribution in [0.25, 0.3) is 5.82 Å². The fourth-order valence-electron chi connectivity index (χ4n) is 4.16. The summed E-state index contributed by atoms with van der Waals surface area (Å²) in [5.41, 5.74) is 2.19. The second-order valence-corrected chi connectivity index (χ2v) is 8.77. The average molecular weight is 493 g/mol. The van der Waals surface area contributed by atoms with E-state index in [1.165, 1.54) is 30.4 Å². The summed E-state index contributed by atoms with van der Waals surface area (Å²) in [7, 11) is 1.53. The lowest BCUT2D eigenvalue weighted by Gasteiger charge is -2.44. The molecule has 4 aromatic rings. The van der Waals surface area contributed by atoms with Gasteiger partial charge in [-0.2, -0.15) is 10.2 Å². The van der Waals surface area contributed by atoms with Crippen molar-refractivity contribution in [1.82, 2.24) is 45.2 Å². The van der Waals surface area contributed by atoms with E-state index in [9.17, 15) is 9.18 Å². The molecule has 1 amide bonds. The maximum Gasteiger partial charge on any atom is 0.252 e. The Kier molecular flexibility index (Phi) is 6.14. The van der Waals surface area contributed by atoms with Gasteiger partial charge in [0.25, 0.3) is 5.91 Å². The summed E-state index contributed by atoms with van der Waals surface area (Å²) in [6.07, 6.45) is 6.25. The van der Waals surface area contributed by atoms with Gasteiger partial charge in [-0.05, 0) is 32.8 Å². The number of methoxy groups -OCH3 is 1. The molecule has 186 valence electrons. The van der Waals surface area contributed by atoms with Crippen LogP contribution in [-0.4, -0.2) is 58.5 Å². The van der Waals surface area contributed by atoms with E-state index in [2.05, 4.69) is 45.9 Å². The van der Waals surface area contributed by atoms with Crippen LogP contribution in [0.2, 0.25) is 0 Å². The van der Waals surface area contributed by atoms with E-state index in [4.69, 9.17) is 4.74 Å². The van der Waals surface area contributed by atoms with Gasteiger partial charge in [0.05, 0.1) is 37.0 Å². The van der Waals surface area contributed by atoms with Gasteiger partial charge in [0.15, 0.2) is 17.5 Å². The summed E-state index contributed by atoms with van der Waals surface area (Å²) in [6, 6.07) is 3.79. The molecule has 13 heteroatoms.